The third-order valence-corrected chi connectivity index (χ3v) is 4.29. The van der Waals surface area contributed by atoms with Crippen molar-refractivity contribution >= 4 is 11.8 Å². The molecule has 102 valence electrons. The molecule has 1 heterocycles. The number of amides is 2. The summed E-state index contributed by atoms with van der Waals surface area (Å²) in [4.78, 5) is 28.1. The van der Waals surface area contributed by atoms with Crippen LogP contribution in [0.5, 0.6) is 0 Å². The van der Waals surface area contributed by atoms with Gasteiger partial charge in [-0.2, -0.15) is 0 Å². The van der Waals surface area contributed by atoms with Crippen LogP contribution in [0.4, 0.5) is 0 Å². The molecule has 0 bridgehead atoms. The van der Waals surface area contributed by atoms with Crippen LogP contribution in [0.3, 0.4) is 0 Å². The Morgan fingerprint density at radius 1 is 1.33 bits per heavy atom. The molecule has 2 fully saturated rings. The zero-order valence-electron chi connectivity index (χ0n) is 11.5. The van der Waals surface area contributed by atoms with Crippen molar-refractivity contribution in [1.29, 1.82) is 0 Å². The molecule has 0 aromatic rings. The highest BCUT2D eigenvalue weighted by molar-refractivity contribution is 5.92. The Bertz CT molecular complexity index is 367. The second kappa shape index (κ2) is 4.53. The average molecular weight is 253 g/mol. The Hall–Kier alpha value is -1.10. The molecule has 2 rings (SSSR count). The number of nitrogens with zero attached hydrogens (tertiary/aromatic N) is 2. The number of carbonyl (C=O) groups is 2. The van der Waals surface area contributed by atoms with Gasteiger partial charge < -0.3 is 15.5 Å². The Labute approximate surface area is 108 Å². The summed E-state index contributed by atoms with van der Waals surface area (Å²) in [5, 5.41) is 0. The van der Waals surface area contributed by atoms with Gasteiger partial charge in [0, 0.05) is 32.1 Å². The molecular formula is C13H23N3O2. The second-order valence-corrected chi connectivity index (χ2v) is 6.05. The first-order valence-electron chi connectivity index (χ1n) is 6.66. The molecule has 1 aliphatic carbocycles. The molecule has 0 spiro atoms. The minimum atomic E-state index is -0.725. The number of piperazine rings is 1. The van der Waals surface area contributed by atoms with Crippen LogP contribution < -0.4 is 5.73 Å². The SMILES string of the molecule is CN1CCN(C(=O)[C@H]2CC[C@@H](N)C2)C(C)(C)C1=O. The topological polar surface area (TPSA) is 66.6 Å². The minimum absolute atomic E-state index is 0.00970. The van der Waals surface area contributed by atoms with E-state index in [0.717, 1.165) is 19.3 Å². The highest BCUT2D eigenvalue weighted by atomic mass is 16.2. The Kier molecular flexibility index (Phi) is 3.36. The monoisotopic (exact) mass is 253 g/mol. The van der Waals surface area contributed by atoms with Gasteiger partial charge in [0.2, 0.25) is 11.8 Å². The molecule has 18 heavy (non-hydrogen) atoms. The molecule has 2 aliphatic rings. The quantitative estimate of drug-likeness (QED) is 0.725. The first kappa shape index (κ1) is 13.3. The predicted octanol–water partition coefficient (Wildman–Crippen LogP) is 0.193. The van der Waals surface area contributed by atoms with Crippen LogP contribution in [0.2, 0.25) is 0 Å². The molecule has 2 atom stereocenters. The molecule has 1 saturated heterocycles. The van der Waals surface area contributed by atoms with Crippen molar-refractivity contribution in [1.82, 2.24) is 9.80 Å². The molecule has 2 amide bonds. The number of nitrogens with two attached hydrogens (primary N) is 1. The van der Waals surface area contributed by atoms with Crippen LogP contribution >= 0.6 is 0 Å². The van der Waals surface area contributed by atoms with Crippen molar-refractivity contribution < 1.29 is 9.59 Å². The second-order valence-electron chi connectivity index (χ2n) is 6.05. The van der Waals surface area contributed by atoms with E-state index in [4.69, 9.17) is 5.73 Å². The summed E-state index contributed by atoms with van der Waals surface area (Å²) in [5.41, 5.74) is 5.14. The normalized spacial score (nSPS) is 31.9. The van der Waals surface area contributed by atoms with E-state index in [0.29, 0.717) is 13.1 Å². The zero-order valence-corrected chi connectivity index (χ0v) is 11.5. The van der Waals surface area contributed by atoms with Gasteiger partial charge >= 0.3 is 0 Å². The zero-order chi connectivity index (χ0) is 13.5. The van der Waals surface area contributed by atoms with Crippen LogP contribution in [0.1, 0.15) is 33.1 Å². The summed E-state index contributed by atoms with van der Waals surface area (Å²) < 4.78 is 0. The largest absolute Gasteiger partial charge is 0.342 e. The predicted molar refractivity (Wildman–Crippen MR) is 68.7 cm³/mol. The number of likely N-dealkylation sites (N-methyl/N-ethyl adjacent to an activating group) is 1. The van der Waals surface area contributed by atoms with Crippen LogP contribution in [-0.4, -0.2) is 53.3 Å². The smallest absolute Gasteiger partial charge is 0.247 e. The van der Waals surface area contributed by atoms with E-state index >= 15 is 0 Å². The van der Waals surface area contributed by atoms with Gasteiger partial charge in [-0.1, -0.05) is 0 Å². The summed E-state index contributed by atoms with van der Waals surface area (Å²) in [6, 6.07) is 0.144. The summed E-state index contributed by atoms with van der Waals surface area (Å²) in [6.45, 7) is 4.90. The van der Waals surface area contributed by atoms with E-state index in [1.165, 1.54) is 0 Å². The lowest BCUT2D eigenvalue weighted by atomic mass is 9.94. The first-order valence-corrected chi connectivity index (χ1v) is 6.66. The fourth-order valence-electron chi connectivity index (χ4n) is 3.06. The van der Waals surface area contributed by atoms with Crippen molar-refractivity contribution in [2.75, 3.05) is 20.1 Å². The van der Waals surface area contributed by atoms with Gasteiger partial charge in [-0.15, -0.1) is 0 Å². The Morgan fingerprint density at radius 2 is 2.00 bits per heavy atom. The summed E-state index contributed by atoms with van der Waals surface area (Å²) in [5.74, 6) is 0.134. The van der Waals surface area contributed by atoms with Gasteiger partial charge in [-0.3, -0.25) is 9.59 Å². The number of carbonyl (C=O) groups excluding carboxylic acids is 2. The first-order chi connectivity index (χ1) is 8.34. The van der Waals surface area contributed by atoms with Crippen molar-refractivity contribution in [3.05, 3.63) is 0 Å². The van der Waals surface area contributed by atoms with Crippen LogP contribution in [0, 0.1) is 5.92 Å². The van der Waals surface area contributed by atoms with Crippen molar-refractivity contribution in [3.63, 3.8) is 0 Å². The van der Waals surface area contributed by atoms with E-state index in [2.05, 4.69) is 0 Å². The fourth-order valence-corrected chi connectivity index (χ4v) is 3.06. The maximum atomic E-state index is 12.5. The Morgan fingerprint density at radius 3 is 2.56 bits per heavy atom. The van der Waals surface area contributed by atoms with E-state index in [1.807, 2.05) is 13.8 Å². The van der Waals surface area contributed by atoms with E-state index < -0.39 is 5.54 Å². The van der Waals surface area contributed by atoms with Crippen LogP contribution in [0.15, 0.2) is 0 Å². The van der Waals surface area contributed by atoms with Gasteiger partial charge in [0.1, 0.15) is 5.54 Å². The molecule has 1 saturated carbocycles. The molecule has 5 heteroatoms. The lowest BCUT2D eigenvalue weighted by Gasteiger charge is -2.45. The minimum Gasteiger partial charge on any atom is -0.342 e. The van der Waals surface area contributed by atoms with Gasteiger partial charge in [-0.05, 0) is 33.1 Å². The van der Waals surface area contributed by atoms with Gasteiger partial charge in [0.15, 0.2) is 0 Å². The Balaban J connectivity index is 2.13. The third-order valence-electron chi connectivity index (χ3n) is 4.29. The van der Waals surface area contributed by atoms with Gasteiger partial charge in [0.25, 0.3) is 0 Å². The van der Waals surface area contributed by atoms with Crippen molar-refractivity contribution in [2.45, 2.75) is 44.7 Å². The molecule has 0 aromatic heterocycles. The summed E-state index contributed by atoms with van der Waals surface area (Å²) in [7, 11) is 1.79. The highest BCUT2D eigenvalue weighted by Gasteiger charge is 2.45. The molecule has 0 radical (unpaired) electrons. The van der Waals surface area contributed by atoms with Gasteiger partial charge in [0.05, 0.1) is 0 Å². The van der Waals surface area contributed by atoms with Crippen molar-refractivity contribution in [3.8, 4) is 0 Å². The summed E-state index contributed by atoms with van der Waals surface area (Å²) >= 11 is 0. The van der Waals surface area contributed by atoms with E-state index in [9.17, 15) is 9.59 Å². The van der Waals surface area contributed by atoms with E-state index in [1.54, 1.807) is 16.8 Å². The van der Waals surface area contributed by atoms with E-state index in [-0.39, 0.29) is 23.8 Å². The highest BCUT2D eigenvalue weighted by Crippen LogP contribution is 2.30. The maximum Gasteiger partial charge on any atom is 0.247 e. The molecule has 2 N–H and O–H groups in total. The molecule has 0 unspecified atom stereocenters. The van der Waals surface area contributed by atoms with Crippen LogP contribution in [-0.2, 0) is 9.59 Å². The molecule has 1 aliphatic heterocycles. The summed E-state index contributed by atoms with van der Waals surface area (Å²) in [6.07, 6.45) is 2.53. The fraction of sp³-hybridized carbons (Fsp3) is 0.846. The number of hydrogen-bond donors (Lipinski definition) is 1. The molecule has 0 aromatic carbocycles. The molecular weight excluding hydrogens is 230 g/mol. The standard InChI is InChI=1S/C13H23N3O2/c1-13(2)12(18)15(3)6-7-16(13)11(17)9-4-5-10(14)8-9/h9-10H,4-8,14H2,1-3H3/t9-,10+/m0/s1. The number of rotatable bonds is 1. The maximum absolute atomic E-state index is 12.5. The third kappa shape index (κ3) is 2.11. The number of hydrogen-bond acceptors (Lipinski definition) is 3. The average Bonchev–Trinajstić information content (AvgIpc) is 2.72. The van der Waals surface area contributed by atoms with Gasteiger partial charge in [-0.25, -0.2) is 0 Å². The molecule has 5 nitrogen and oxygen atoms in total. The van der Waals surface area contributed by atoms with Crippen LogP contribution in [0.25, 0.3) is 0 Å². The lowest BCUT2D eigenvalue weighted by molar-refractivity contribution is -0.159. The van der Waals surface area contributed by atoms with Crippen molar-refractivity contribution in [2.24, 2.45) is 11.7 Å². The lowest BCUT2D eigenvalue weighted by Crippen LogP contribution is -2.64.